The van der Waals surface area contributed by atoms with E-state index >= 15 is 0 Å². The minimum atomic E-state index is -0.868. The number of fused-ring (bicyclic) bond motifs is 4. The average molecular weight is 342 g/mol. The largest absolute Gasteiger partial charge is 0.384 e. The SMILES string of the molecule is C[C@@H](O)C(=O)N1C[C@@H]2C[C@H](C1)[C@@H]1CCC[C@H](Cc3ccccc3)N1C2. The fraction of sp³-hybridized carbons (Fsp3) is 0.667. The first-order valence-corrected chi connectivity index (χ1v) is 9.88. The molecule has 0 saturated carbocycles. The summed E-state index contributed by atoms with van der Waals surface area (Å²) in [7, 11) is 0. The molecule has 0 aliphatic carbocycles. The number of benzene rings is 1. The van der Waals surface area contributed by atoms with Crippen LogP contribution in [0.1, 0.15) is 38.2 Å². The first kappa shape index (κ1) is 17.0. The molecule has 1 amide bonds. The van der Waals surface area contributed by atoms with Gasteiger partial charge < -0.3 is 10.0 Å². The summed E-state index contributed by atoms with van der Waals surface area (Å²) in [6.07, 6.45) is 5.38. The Labute approximate surface area is 150 Å². The lowest BCUT2D eigenvalue weighted by Gasteiger charge is -2.55. The Hall–Kier alpha value is -1.39. The van der Waals surface area contributed by atoms with Crippen molar-refractivity contribution in [3.05, 3.63) is 35.9 Å². The summed E-state index contributed by atoms with van der Waals surface area (Å²) in [5, 5.41) is 9.67. The van der Waals surface area contributed by atoms with E-state index < -0.39 is 6.10 Å². The first-order valence-electron chi connectivity index (χ1n) is 9.88. The van der Waals surface area contributed by atoms with E-state index in [2.05, 4.69) is 35.2 Å². The maximum atomic E-state index is 12.3. The normalized spacial score (nSPS) is 33.6. The van der Waals surface area contributed by atoms with E-state index in [9.17, 15) is 9.90 Å². The summed E-state index contributed by atoms with van der Waals surface area (Å²) in [5.74, 6) is 1.06. The minimum absolute atomic E-state index is 0.0835. The molecular weight excluding hydrogens is 312 g/mol. The zero-order valence-electron chi connectivity index (χ0n) is 15.2. The van der Waals surface area contributed by atoms with Crippen molar-refractivity contribution < 1.29 is 9.90 Å². The molecule has 5 atom stereocenters. The van der Waals surface area contributed by atoms with Gasteiger partial charge in [0.15, 0.2) is 0 Å². The molecule has 2 bridgehead atoms. The number of aliphatic hydroxyl groups excluding tert-OH is 1. The van der Waals surface area contributed by atoms with Crippen LogP contribution in [-0.4, -0.2) is 58.6 Å². The van der Waals surface area contributed by atoms with Crippen LogP contribution in [-0.2, 0) is 11.2 Å². The van der Waals surface area contributed by atoms with E-state index in [1.165, 1.54) is 31.2 Å². The molecule has 0 spiro atoms. The molecule has 3 aliphatic heterocycles. The van der Waals surface area contributed by atoms with Crippen molar-refractivity contribution in [2.45, 2.75) is 57.2 Å². The highest BCUT2D eigenvalue weighted by Gasteiger charge is 2.45. The molecule has 0 unspecified atom stereocenters. The van der Waals surface area contributed by atoms with E-state index in [1.807, 2.05) is 4.90 Å². The summed E-state index contributed by atoms with van der Waals surface area (Å²) in [6.45, 7) is 4.36. The molecule has 0 aromatic heterocycles. The van der Waals surface area contributed by atoms with E-state index in [1.54, 1.807) is 6.92 Å². The molecule has 4 heteroatoms. The Bertz CT molecular complexity index is 603. The van der Waals surface area contributed by atoms with E-state index in [-0.39, 0.29) is 5.91 Å². The number of aliphatic hydroxyl groups is 1. The number of hydrogen-bond donors (Lipinski definition) is 1. The lowest BCUT2D eigenvalue weighted by molar-refractivity contribution is -0.146. The van der Waals surface area contributed by atoms with E-state index in [0.29, 0.717) is 23.9 Å². The summed E-state index contributed by atoms with van der Waals surface area (Å²) >= 11 is 0. The van der Waals surface area contributed by atoms with Crippen LogP contribution in [0, 0.1) is 11.8 Å². The Kier molecular flexibility index (Phi) is 4.83. The van der Waals surface area contributed by atoms with Gasteiger partial charge in [0.05, 0.1) is 0 Å². The van der Waals surface area contributed by atoms with Gasteiger partial charge in [-0.2, -0.15) is 0 Å². The lowest BCUT2D eigenvalue weighted by Crippen LogP contribution is -2.63. The lowest BCUT2D eigenvalue weighted by atomic mass is 9.74. The molecule has 3 fully saturated rings. The highest BCUT2D eigenvalue weighted by molar-refractivity contribution is 5.80. The standard InChI is InChI=1S/C21H30N2O2/c1-15(24)21(25)22-12-17-10-18(14-22)20-9-5-8-19(23(20)13-17)11-16-6-3-2-4-7-16/h2-4,6-7,15,17-20,24H,5,8-14H2,1H3/t15-,17+,18-,19-,20+/m1/s1. The maximum absolute atomic E-state index is 12.3. The van der Waals surface area contributed by atoms with Crippen molar-refractivity contribution in [1.29, 1.82) is 0 Å². The van der Waals surface area contributed by atoms with Gasteiger partial charge in [-0.25, -0.2) is 0 Å². The second kappa shape index (κ2) is 7.08. The molecule has 25 heavy (non-hydrogen) atoms. The third-order valence-corrected chi connectivity index (χ3v) is 6.50. The quantitative estimate of drug-likeness (QED) is 0.917. The van der Waals surface area contributed by atoms with Crippen LogP contribution >= 0.6 is 0 Å². The van der Waals surface area contributed by atoms with Gasteiger partial charge in [-0.05, 0) is 50.0 Å². The fourth-order valence-corrected chi connectivity index (χ4v) is 5.46. The zero-order valence-corrected chi connectivity index (χ0v) is 15.2. The van der Waals surface area contributed by atoms with Gasteiger partial charge in [-0.1, -0.05) is 36.8 Å². The van der Waals surface area contributed by atoms with Gasteiger partial charge in [0.2, 0.25) is 0 Å². The van der Waals surface area contributed by atoms with E-state index in [0.717, 1.165) is 26.1 Å². The molecule has 0 radical (unpaired) electrons. The summed E-state index contributed by atoms with van der Waals surface area (Å²) in [6, 6.07) is 12.1. The van der Waals surface area contributed by atoms with Gasteiger partial charge in [0.1, 0.15) is 6.10 Å². The monoisotopic (exact) mass is 342 g/mol. The van der Waals surface area contributed by atoms with Crippen molar-refractivity contribution in [2.24, 2.45) is 11.8 Å². The Morgan fingerprint density at radius 3 is 2.76 bits per heavy atom. The molecule has 3 saturated heterocycles. The zero-order chi connectivity index (χ0) is 17.4. The van der Waals surface area contributed by atoms with Gasteiger partial charge in [0, 0.05) is 31.7 Å². The predicted molar refractivity (Wildman–Crippen MR) is 98.1 cm³/mol. The fourth-order valence-electron chi connectivity index (χ4n) is 5.46. The number of carbonyl (C=O) groups excluding carboxylic acids is 1. The molecule has 3 aliphatic rings. The van der Waals surface area contributed by atoms with Gasteiger partial charge in [-0.3, -0.25) is 9.69 Å². The molecule has 1 aromatic carbocycles. The van der Waals surface area contributed by atoms with Gasteiger partial charge in [-0.15, -0.1) is 0 Å². The van der Waals surface area contributed by atoms with Crippen LogP contribution in [0.15, 0.2) is 30.3 Å². The van der Waals surface area contributed by atoms with Crippen molar-refractivity contribution in [3.63, 3.8) is 0 Å². The molecule has 3 heterocycles. The number of carbonyl (C=O) groups is 1. The molecule has 1 aromatic rings. The summed E-state index contributed by atoms with van der Waals surface area (Å²) < 4.78 is 0. The summed E-state index contributed by atoms with van der Waals surface area (Å²) in [5.41, 5.74) is 1.44. The molecule has 136 valence electrons. The van der Waals surface area contributed by atoms with E-state index in [4.69, 9.17) is 0 Å². The van der Waals surface area contributed by atoms with Crippen LogP contribution in [0.25, 0.3) is 0 Å². The minimum Gasteiger partial charge on any atom is -0.384 e. The van der Waals surface area contributed by atoms with Crippen LogP contribution in [0.5, 0.6) is 0 Å². The van der Waals surface area contributed by atoms with Gasteiger partial charge >= 0.3 is 0 Å². The predicted octanol–water partition coefficient (Wildman–Crippen LogP) is 2.31. The topological polar surface area (TPSA) is 43.8 Å². The third kappa shape index (κ3) is 3.47. The van der Waals surface area contributed by atoms with Crippen LogP contribution in [0.2, 0.25) is 0 Å². The number of likely N-dealkylation sites (tertiary alicyclic amines) is 1. The number of rotatable bonds is 3. The van der Waals surface area contributed by atoms with Crippen LogP contribution < -0.4 is 0 Å². The Morgan fingerprint density at radius 1 is 1.20 bits per heavy atom. The number of hydrogen-bond acceptors (Lipinski definition) is 3. The molecule has 4 nitrogen and oxygen atoms in total. The molecular formula is C21H30N2O2. The van der Waals surface area contributed by atoms with Gasteiger partial charge in [0.25, 0.3) is 5.91 Å². The molecule has 1 N–H and O–H groups in total. The highest BCUT2D eigenvalue weighted by Crippen LogP contribution is 2.40. The number of nitrogens with zero attached hydrogens (tertiary/aromatic N) is 2. The Morgan fingerprint density at radius 2 is 2.00 bits per heavy atom. The first-order chi connectivity index (χ1) is 12.1. The second-order valence-corrected chi connectivity index (χ2v) is 8.32. The maximum Gasteiger partial charge on any atom is 0.251 e. The highest BCUT2D eigenvalue weighted by atomic mass is 16.3. The number of piperidine rings is 3. The second-order valence-electron chi connectivity index (χ2n) is 8.32. The average Bonchev–Trinajstić information content (AvgIpc) is 2.62. The summed E-state index contributed by atoms with van der Waals surface area (Å²) in [4.78, 5) is 17.0. The Balaban J connectivity index is 1.48. The van der Waals surface area contributed by atoms with Crippen molar-refractivity contribution in [3.8, 4) is 0 Å². The third-order valence-electron chi connectivity index (χ3n) is 6.50. The number of amides is 1. The van der Waals surface area contributed by atoms with Crippen LogP contribution in [0.3, 0.4) is 0 Å². The molecule has 4 rings (SSSR count). The van der Waals surface area contributed by atoms with Crippen molar-refractivity contribution in [2.75, 3.05) is 19.6 Å². The smallest absolute Gasteiger partial charge is 0.251 e. The van der Waals surface area contributed by atoms with Crippen molar-refractivity contribution in [1.82, 2.24) is 9.80 Å². The van der Waals surface area contributed by atoms with Crippen LogP contribution in [0.4, 0.5) is 0 Å². The van der Waals surface area contributed by atoms with Crippen molar-refractivity contribution >= 4 is 5.91 Å².